The number of carbonyl (C=O) groups excluding carboxylic acids is 3. The van der Waals surface area contributed by atoms with Crippen molar-refractivity contribution in [2.45, 2.75) is 40.0 Å². The van der Waals surface area contributed by atoms with Gasteiger partial charge in [-0.1, -0.05) is 60.7 Å². The van der Waals surface area contributed by atoms with Crippen molar-refractivity contribution in [2.75, 3.05) is 6.79 Å². The second-order valence-electron chi connectivity index (χ2n) is 8.58. The van der Waals surface area contributed by atoms with E-state index >= 15 is 0 Å². The largest absolute Gasteiger partial charge is 0.428 e. The van der Waals surface area contributed by atoms with Crippen molar-refractivity contribution in [1.29, 1.82) is 0 Å². The number of rotatable bonds is 10. The van der Waals surface area contributed by atoms with Gasteiger partial charge in [-0.3, -0.25) is 14.4 Å². The summed E-state index contributed by atoms with van der Waals surface area (Å²) in [6.07, 6.45) is 1.06. The highest BCUT2D eigenvalue weighted by Gasteiger charge is 2.29. The fraction of sp³-hybridized carbons (Fsp3) is 0.400. The van der Waals surface area contributed by atoms with Gasteiger partial charge in [0.05, 0.1) is 11.3 Å². The highest BCUT2D eigenvalue weighted by atomic mass is 35.5. The van der Waals surface area contributed by atoms with Crippen molar-refractivity contribution in [3.63, 3.8) is 0 Å². The van der Waals surface area contributed by atoms with Gasteiger partial charge < -0.3 is 9.47 Å². The number of carbonyl (C=O) groups is 3. The van der Waals surface area contributed by atoms with E-state index < -0.39 is 41.2 Å². The van der Waals surface area contributed by atoms with Gasteiger partial charge in [-0.15, -0.1) is 0 Å². The standard InChI is InChI=1S/C25H29ClO5/c1-25(2,3)24(29)31-17-30-23(28)21(15-19-12-8-5-9-13-19)16-20(22(26)27)14-18-10-6-4-7-11-18/h4-13,20-21H,14-17H2,1-3H3/t20-,21-/m0/s1. The van der Waals surface area contributed by atoms with Crippen LogP contribution in [0.1, 0.15) is 38.3 Å². The first-order valence-corrected chi connectivity index (χ1v) is 10.7. The van der Waals surface area contributed by atoms with Gasteiger partial charge in [0.2, 0.25) is 12.0 Å². The van der Waals surface area contributed by atoms with Crippen molar-refractivity contribution >= 4 is 28.8 Å². The predicted octanol–water partition coefficient (Wildman–Crippen LogP) is 4.95. The molecule has 0 bridgehead atoms. The summed E-state index contributed by atoms with van der Waals surface area (Å²) < 4.78 is 10.3. The van der Waals surface area contributed by atoms with Gasteiger partial charge in [-0.05, 0) is 62.8 Å². The summed E-state index contributed by atoms with van der Waals surface area (Å²) in [5.74, 6) is -2.13. The molecule has 0 fully saturated rings. The zero-order valence-corrected chi connectivity index (χ0v) is 18.9. The number of hydrogen-bond donors (Lipinski definition) is 0. The van der Waals surface area contributed by atoms with E-state index in [2.05, 4.69) is 0 Å². The molecule has 0 saturated heterocycles. The molecule has 0 N–H and O–H groups in total. The zero-order chi connectivity index (χ0) is 22.9. The van der Waals surface area contributed by atoms with Crippen LogP contribution in [0.25, 0.3) is 0 Å². The van der Waals surface area contributed by atoms with Crippen LogP contribution in [0.5, 0.6) is 0 Å². The molecule has 0 heterocycles. The molecule has 6 heteroatoms. The van der Waals surface area contributed by atoms with Gasteiger partial charge in [0, 0.05) is 5.92 Å². The molecule has 0 aromatic heterocycles. The van der Waals surface area contributed by atoms with Gasteiger partial charge in [0.15, 0.2) is 0 Å². The van der Waals surface area contributed by atoms with Gasteiger partial charge in [-0.2, -0.15) is 0 Å². The summed E-state index contributed by atoms with van der Waals surface area (Å²) >= 11 is 5.88. The molecule has 5 nitrogen and oxygen atoms in total. The molecule has 2 aromatic rings. The fourth-order valence-electron chi connectivity index (χ4n) is 3.14. The third-order valence-electron chi connectivity index (χ3n) is 4.88. The first-order chi connectivity index (χ1) is 14.7. The Labute approximate surface area is 188 Å². The number of halogens is 1. The minimum atomic E-state index is -0.693. The van der Waals surface area contributed by atoms with E-state index in [4.69, 9.17) is 21.1 Å². The number of hydrogen-bond acceptors (Lipinski definition) is 5. The first-order valence-electron chi connectivity index (χ1n) is 10.3. The van der Waals surface area contributed by atoms with Crippen LogP contribution in [-0.2, 0) is 36.7 Å². The minimum Gasteiger partial charge on any atom is -0.428 e. The van der Waals surface area contributed by atoms with Crippen molar-refractivity contribution in [2.24, 2.45) is 17.3 Å². The third-order valence-corrected chi connectivity index (χ3v) is 5.19. The molecule has 0 aliphatic carbocycles. The number of benzene rings is 2. The lowest BCUT2D eigenvalue weighted by Crippen LogP contribution is -2.29. The van der Waals surface area contributed by atoms with Crippen molar-refractivity contribution < 1.29 is 23.9 Å². The molecule has 0 saturated carbocycles. The maximum Gasteiger partial charge on any atom is 0.314 e. The Kier molecular flexibility index (Phi) is 9.25. The summed E-state index contributed by atoms with van der Waals surface area (Å²) in [6.45, 7) is 4.69. The van der Waals surface area contributed by atoms with Crippen LogP contribution in [0.15, 0.2) is 60.7 Å². The molecule has 0 aliphatic rings. The van der Waals surface area contributed by atoms with E-state index in [1.54, 1.807) is 20.8 Å². The molecule has 2 rings (SSSR count). The van der Waals surface area contributed by atoms with Crippen LogP contribution in [0.4, 0.5) is 0 Å². The second-order valence-corrected chi connectivity index (χ2v) is 8.95. The molecule has 0 aliphatic heterocycles. The average molecular weight is 445 g/mol. The molecule has 0 radical (unpaired) electrons. The lowest BCUT2D eigenvalue weighted by molar-refractivity contribution is -0.175. The summed E-state index contributed by atoms with van der Waals surface area (Å²) in [7, 11) is 0. The molecule has 166 valence electrons. The number of esters is 2. The smallest absolute Gasteiger partial charge is 0.314 e. The molecule has 2 aromatic carbocycles. The van der Waals surface area contributed by atoms with Gasteiger partial charge in [0.25, 0.3) is 0 Å². The SMILES string of the molecule is CC(C)(C)C(=O)OCOC(=O)[C@@H](Cc1ccccc1)C[C@H](Cc1ccccc1)C(=O)Cl. The maximum atomic E-state index is 12.8. The first kappa shape index (κ1) is 24.6. The summed E-state index contributed by atoms with van der Waals surface area (Å²) in [4.78, 5) is 36.8. The Hall–Kier alpha value is -2.66. The lowest BCUT2D eigenvalue weighted by atomic mass is 9.86. The monoisotopic (exact) mass is 444 g/mol. The molecular weight excluding hydrogens is 416 g/mol. The third kappa shape index (κ3) is 8.54. The molecule has 2 atom stereocenters. The summed E-state index contributed by atoms with van der Waals surface area (Å²) in [6, 6.07) is 19.0. The Bertz CT molecular complexity index is 858. The average Bonchev–Trinajstić information content (AvgIpc) is 2.73. The second kappa shape index (κ2) is 11.7. The van der Waals surface area contributed by atoms with Crippen LogP contribution in [-0.4, -0.2) is 24.0 Å². The van der Waals surface area contributed by atoms with E-state index in [0.717, 1.165) is 11.1 Å². The van der Waals surface area contributed by atoms with Gasteiger partial charge >= 0.3 is 11.9 Å². The lowest BCUT2D eigenvalue weighted by Gasteiger charge is -2.21. The topological polar surface area (TPSA) is 69.7 Å². The molecular formula is C25H29ClO5. The van der Waals surface area contributed by atoms with Crippen LogP contribution in [0.3, 0.4) is 0 Å². The van der Waals surface area contributed by atoms with E-state index in [1.165, 1.54) is 0 Å². The van der Waals surface area contributed by atoms with Gasteiger partial charge in [0.1, 0.15) is 0 Å². The molecule has 0 spiro atoms. The van der Waals surface area contributed by atoms with E-state index in [0.29, 0.717) is 12.8 Å². The molecule has 0 amide bonds. The van der Waals surface area contributed by atoms with Crippen LogP contribution < -0.4 is 0 Å². The summed E-state index contributed by atoms with van der Waals surface area (Å²) in [5.41, 5.74) is 1.21. The highest BCUT2D eigenvalue weighted by Crippen LogP contribution is 2.24. The number of ether oxygens (including phenoxy) is 2. The van der Waals surface area contributed by atoms with Crippen molar-refractivity contribution in [1.82, 2.24) is 0 Å². The Morgan fingerprint density at radius 2 is 1.29 bits per heavy atom. The van der Waals surface area contributed by atoms with Crippen LogP contribution >= 0.6 is 11.6 Å². The Balaban J connectivity index is 2.10. The molecule has 31 heavy (non-hydrogen) atoms. The quantitative estimate of drug-likeness (QED) is 0.294. The maximum absolute atomic E-state index is 12.8. The van der Waals surface area contributed by atoms with Gasteiger partial charge in [-0.25, -0.2) is 0 Å². The van der Waals surface area contributed by atoms with Crippen LogP contribution in [0, 0.1) is 17.3 Å². The highest BCUT2D eigenvalue weighted by molar-refractivity contribution is 6.64. The summed E-state index contributed by atoms with van der Waals surface area (Å²) in [5, 5.41) is -0.492. The van der Waals surface area contributed by atoms with E-state index in [1.807, 2.05) is 60.7 Å². The van der Waals surface area contributed by atoms with Crippen molar-refractivity contribution in [3.05, 3.63) is 71.8 Å². The minimum absolute atomic E-state index is 0.234. The van der Waals surface area contributed by atoms with E-state index in [9.17, 15) is 14.4 Å². The fourth-order valence-corrected chi connectivity index (χ4v) is 3.30. The van der Waals surface area contributed by atoms with Crippen LogP contribution in [0.2, 0.25) is 0 Å². The predicted molar refractivity (Wildman–Crippen MR) is 119 cm³/mol. The Morgan fingerprint density at radius 3 is 1.74 bits per heavy atom. The van der Waals surface area contributed by atoms with E-state index in [-0.39, 0.29) is 6.42 Å². The zero-order valence-electron chi connectivity index (χ0n) is 18.2. The molecule has 0 unspecified atom stereocenters. The normalized spacial score (nSPS) is 13.2. The Morgan fingerprint density at radius 1 is 0.806 bits per heavy atom. The van der Waals surface area contributed by atoms with Crippen molar-refractivity contribution in [3.8, 4) is 0 Å².